The van der Waals surface area contributed by atoms with Crippen molar-refractivity contribution in [2.45, 2.75) is 13.3 Å². The molecule has 0 fully saturated rings. The molecule has 21 heavy (non-hydrogen) atoms. The van der Waals surface area contributed by atoms with Gasteiger partial charge in [-0.05, 0) is 30.7 Å². The number of anilines is 3. The maximum atomic E-state index is 13.6. The van der Waals surface area contributed by atoms with Crippen LogP contribution in [-0.2, 0) is 0 Å². The third kappa shape index (κ3) is 3.21. The van der Waals surface area contributed by atoms with Crippen molar-refractivity contribution in [1.82, 2.24) is 0 Å². The summed E-state index contributed by atoms with van der Waals surface area (Å²) in [6, 6.07) is 6.88. The van der Waals surface area contributed by atoms with E-state index in [4.69, 9.17) is 10.5 Å². The van der Waals surface area contributed by atoms with Crippen LogP contribution in [0.4, 0.5) is 30.2 Å². The van der Waals surface area contributed by atoms with E-state index in [1.807, 2.05) is 6.92 Å². The quantitative estimate of drug-likeness (QED) is 0.641. The molecule has 0 unspecified atom stereocenters. The average Bonchev–Trinajstić information content (AvgIpc) is 2.48. The van der Waals surface area contributed by atoms with Crippen LogP contribution in [0.15, 0.2) is 30.3 Å². The molecule has 0 bridgehead atoms. The van der Waals surface area contributed by atoms with Crippen LogP contribution in [0.3, 0.4) is 0 Å². The molecular weight excluding hydrogens is 281 g/mol. The van der Waals surface area contributed by atoms with Gasteiger partial charge in [-0.3, -0.25) is 0 Å². The number of para-hydroxylation sites is 1. The summed E-state index contributed by atoms with van der Waals surface area (Å²) in [5.74, 6) is -3.62. The molecule has 0 saturated carbocycles. The van der Waals surface area contributed by atoms with Crippen molar-refractivity contribution in [3.8, 4) is 5.75 Å². The molecule has 3 N–H and O–H groups in total. The van der Waals surface area contributed by atoms with Crippen LogP contribution in [0, 0.1) is 17.5 Å². The molecule has 0 amide bonds. The molecule has 0 atom stereocenters. The number of halogens is 3. The molecule has 0 aliphatic carbocycles. The molecule has 2 rings (SSSR count). The standard InChI is InChI=1S/C15H15F3N2O/c1-2-8-21-12-5-3-4-11(15(12)19)20-10-7-6-9(16)13(17)14(10)18/h3-7,20H,2,8,19H2,1H3. The lowest BCUT2D eigenvalue weighted by atomic mass is 10.2. The van der Waals surface area contributed by atoms with Gasteiger partial charge in [0.15, 0.2) is 17.5 Å². The van der Waals surface area contributed by atoms with Gasteiger partial charge in [-0.15, -0.1) is 0 Å². The maximum Gasteiger partial charge on any atom is 0.196 e. The monoisotopic (exact) mass is 296 g/mol. The van der Waals surface area contributed by atoms with Crippen LogP contribution in [0.1, 0.15) is 13.3 Å². The highest BCUT2D eigenvalue weighted by molar-refractivity contribution is 5.77. The first-order chi connectivity index (χ1) is 10.0. The van der Waals surface area contributed by atoms with Gasteiger partial charge in [0.1, 0.15) is 5.75 Å². The maximum absolute atomic E-state index is 13.6. The van der Waals surface area contributed by atoms with Gasteiger partial charge in [-0.2, -0.15) is 0 Å². The lowest BCUT2D eigenvalue weighted by molar-refractivity contribution is 0.319. The Labute approximate surface area is 120 Å². The number of nitrogens with two attached hydrogens (primary N) is 1. The summed E-state index contributed by atoms with van der Waals surface area (Å²) >= 11 is 0. The third-order valence-corrected chi connectivity index (χ3v) is 2.83. The van der Waals surface area contributed by atoms with E-state index < -0.39 is 17.5 Å². The van der Waals surface area contributed by atoms with Gasteiger partial charge in [0.05, 0.1) is 23.7 Å². The second-order valence-electron chi connectivity index (χ2n) is 4.41. The Kier molecular flexibility index (Phi) is 4.57. The third-order valence-electron chi connectivity index (χ3n) is 2.83. The van der Waals surface area contributed by atoms with E-state index in [1.165, 1.54) is 0 Å². The predicted molar refractivity (Wildman–Crippen MR) is 76.2 cm³/mol. The molecule has 0 aliphatic heterocycles. The fourth-order valence-corrected chi connectivity index (χ4v) is 1.76. The van der Waals surface area contributed by atoms with Gasteiger partial charge in [0, 0.05) is 0 Å². The van der Waals surface area contributed by atoms with Crippen LogP contribution in [0.2, 0.25) is 0 Å². The molecule has 0 aliphatic rings. The highest BCUT2D eigenvalue weighted by atomic mass is 19.2. The average molecular weight is 296 g/mol. The number of ether oxygens (including phenoxy) is 1. The highest BCUT2D eigenvalue weighted by Crippen LogP contribution is 2.33. The molecule has 0 heterocycles. The Hall–Kier alpha value is -2.37. The van der Waals surface area contributed by atoms with E-state index in [9.17, 15) is 13.2 Å². The molecule has 2 aromatic rings. The molecule has 2 aromatic carbocycles. The number of nitrogen functional groups attached to an aromatic ring is 1. The Morgan fingerprint density at radius 2 is 1.81 bits per heavy atom. The SMILES string of the molecule is CCCOc1cccc(Nc2ccc(F)c(F)c2F)c1N. The number of hydrogen-bond acceptors (Lipinski definition) is 3. The Balaban J connectivity index is 2.30. The number of rotatable bonds is 5. The van der Waals surface area contributed by atoms with Crippen molar-refractivity contribution in [2.75, 3.05) is 17.7 Å². The summed E-state index contributed by atoms with van der Waals surface area (Å²) in [5, 5.41) is 2.64. The predicted octanol–water partition coefficient (Wildman–Crippen LogP) is 4.22. The summed E-state index contributed by atoms with van der Waals surface area (Å²) in [5.41, 5.74) is 6.34. The van der Waals surface area contributed by atoms with Gasteiger partial charge in [0.25, 0.3) is 0 Å². The van der Waals surface area contributed by atoms with Gasteiger partial charge in [-0.25, -0.2) is 13.2 Å². The number of hydrogen-bond donors (Lipinski definition) is 2. The second-order valence-corrected chi connectivity index (χ2v) is 4.41. The first-order valence-electron chi connectivity index (χ1n) is 6.46. The summed E-state index contributed by atoms with van der Waals surface area (Å²) in [6.07, 6.45) is 0.814. The van der Waals surface area contributed by atoms with Gasteiger partial charge in [0.2, 0.25) is 0 Å². The summed E-state index contributed by atoms with van der Waals surface area (Å²) in [6.45, 7) is 2.45. The van der Waals surface area contributed by atoms with Crippen LogP contribution in [-0.4, -0.2) is 6.61 Å². The number of benzene rings is 2. The smallest absolute Gasteiger partial charge is 0.196 e. The molecule has 0 radical (unpaired) electrons. The fourth-order valence-electron chi connectivity index (χ4n) is 1.76. The molecule has 0 spiro atoms. The van der Waals surface area contributed by atoms with E-state index in [1.54, 1.807) is 18.2 Å². The van der Waals surface area contributed by atoms with E-state index in [2.05, 4.69) is 5.32 Å². The molecule has 3 nitrogen and oxygen atoms in total. The zero-order valence-corrected chi connectivity index (χ0v) is 11.4. The summed E-state index contributed by atoms with van der Waals surface area (Å²) < 4.78 is 45.2. The van der Waals surface area contributed by atoms with Crippen molar-refractivity contribution in [2.24, 2.45) is 0 Å². The minimum Gasteiger partial charge on any atom is -0.491 e. The molecular formula is C15H15F3N2O. The van der Waals surface area contributed by atoms with E-state index in [-0.39, 0.29) is 11.4 Å². The Morgan fingerprint density at radius 3 is 2.52 bits per heavy atom. The first-order valence-corrected chi connectivity index (χ1v) is 6.46. The molecule has 6 heteroatoms. The Bertz CT molecular complexity index is 647. The summed E-state index contributed by atoms with van der Waals surface area (Å²) in [4.78, 5) is 0. The van der Waals surface area contributed by atoms with Gasteiger partial charge >= 0.3 is 0 Å². The van der Waals surface area contributed by atoms with E-state index in [0.29, 0.717) is 18.0 Å². The lowest BCUT2D eigenvalue weighted by Gasteiger charge is -2.14. The van der Waals surface area contributed by atoms with Crippen molar-refractivity contribution < 1.29 is 17.9 Å². The van der Waals surface area contributed by atoms with Crippen molar-refractivity contribution in [3.63, 3.8) is 0 Å². The fraction of sp³-hybridized carbons (Fsp3) is 0.200. The van der Waals surface area contributed by atoms with Crippen LogP contribution >= 0.6 is 0 Å². The topological polar surface area (TPSA) is 47.3 Å². The minimum absolute atomic E-state index is 0.201. The van der Waals surface area contributed by atoms with Gasteiger partial charge in [-0.1, -0.05) is 13.0 Å². The highest BCUT2D eigenvalue weighted by Gasteiger charge is 2.15. The zero-order valence-electron chi connectivity index (χ0n) is 11.4. The molecule has 0 aromatic heterocycles. The van der Waals surface area contributed by atoms with Crippen LogP contribution < -0.4 is 15.8 Å². The van der Waals surface area contributed by atoms with Crippen molar-refractivity contribution >= 4 is 17.1 Å². The largest absolute Gasteiger partial charge is 0.491 e. The lowest BCUT2D eigenvalue weighted by Crippen LogP contribution is -2.04. The van der Waals surface area contributed by atoms with Crippen molar-refractivity contribution in [3.05, 3.63) is 47.8 Å². The van der Waals surface area contributed by atoms with Gasteiger partial charge < -0.3 is 15.8 Å². The second kappa shape index (κ2) is 6.39. The number of nitrogens with one attached hydrogen (secondary N) is 1. The van der Waals surface area contributed by atoms with Crippen LogP contribution in [0.25, 0.3) is 0 Å². The van der Waals surface area contributed by atoms with E-state index in [0.717, 1.165) is 18.6 Å². The summed E-state index contributed by atoms with van der Waals surface area (Å²) in [7, 11) is 0. The van der Waals surface area contributed by atoms with Crippen LogP contribution in [0.5, 0.6) is 5.75 Å². The normalized spacial score (nSPS) is 10.5. The zero-order chi connectivity index (χ0) is 15.4. The molecule has 0 saturated heterocycles. The molecule has 112 valence electrons. The Morgan fingerprint density at radius 1 is 1.05 bits per heavy atom. The van der Waals surface area contributed by atoms with E-state index >= 15 is 0 Å². The first kappa shape index (κ1) is 15.0. The minimum atomic E-state index is -1.53. The van der Waals surface area contributed by atoms with Crippen molar-refractivity contribution in [1.29, 1.82) is 0 Å².